The van der Waals surface area contributed by atoms with E-state index >= 15 is 0 Å². The normalized spacial score (nSPS) is 11.7. The molecule has 3 aromatic heterocycles. The highest BCUT2D eigenvalue weighted by Crippen LogP contribution is 2.37. The van der Waals surface area contributed by atoms with Gasteiger partial charge in [0, 0.05) is 32.2 Å². The quantitative estimate of drug-likeness (QED) is 0.176. The predicted octanol–water partition coefficient (Wildman–Crippen LogP) is 7.03. The molecular weight excluding hydrogens is 541 g/mol. The van der Waals surface area contributed by atoms with Crippen molar-refractivity contribution in [3.05, 3.63) is 77.2 Å². The van der Waals surface area contributed by atoms with Crippen LogP contribution in [0.4, 0.5) is 22.3 Å². The zero-order valence-corrected chi connectivity index (χ0v) is 24.5. The van der Waals surface area contributed by atoms with Crippen molar-refractivity contribution < 1.29 is 4.79 Å². The van der Waals surface area contributed by atoms with Crippen molar-refractivity contribution in [1.82, 2.24) is 25.1 Å². The lowest BCUT2D eigenvalue weighted by Crippen LogP contribution is -2.12. The smallest absolute Gasteiger partial charge is 0.257 e. The minimum Gasteiger partial charge on any atom is -0.399 e. The summed E-state index contributed by atoms with van der Waals surface area (Å²) >= 11 is 2.93. The molecule has 0 bridgehead atoms. The van der Waals surface area contributed by atoms with Crippen LogP contribution in [0.15, 0.2) is 70.7 Å². The average Bonchev–Trinajstić information content (AvgIpc) is 3.40. The number of carbonyl (C=O) groups is 1. The first kappa shape index (κ1) is 27.5. The van der Waals surface area contributed by atoms with Gasteiger partial charge < -0.3 is 11.1 Å². The van der Waals surface area contributed by atoms with Gasteiger partial charge in [-0.1, -0.05) is 57.7 Å². The van der Waals surface area contributed by atoms with Gasteiger partial charge in [0.2, 0.25) is 5.13 Å². The number of hydrogen-bond acceptors (Lipinski definition) is 10. The molecule has 3 heterocycles. The molecule has 5 rings (SSSR count). The first-order valence-electron chi connectivity index (χ1n) is 12.8. The van der Waals surface area contributed by atoms with Gasteiger partial charge in [0.1, 0.15) is 17.2 Å². The average molecular weight is 571 g/mol. The summed E-state index contributed by atoms with van der Waals surface area (Å²) in [6.07, 6.45) is 1.49. The molecule has 0 fully saturated rings. The van der Waals surface area contributed by atoms with E-state index in [2.05, 4.69) is 65.4 Å². The summed E-state index contributed by atoms with van der Waals surface area (Å²) in [5, 5.41) is 16.8. The third-order valence-corrected chi connectivity index (χ3v) is 8.35. The van der Waals surface area contributed by atoms with Crippen molar-refractivity contribution in [1.29, 1.82) is 0 Å². The van der Waals surface area contributed by atoms with Gasteiger partial charge in [-0.2, -0.15) is 0 Å². The Morgan fingerprint density at radius 2 is 1.77 bits per heavy atom. The third-order valence-electron chi connectivity index (χ3n) is 6.00. The Kier molecular flexibility index (Phi) is 7.68. The lowest BCUT2D eigenvalue weighted by atomic mass is 9.98. The van der Waals surface area contributed by atoms with E-state index in [-0.39, 0.29) is 17.2 Å². The van der Waals surface area contributed by atoms with Gasteiger partial charge in [0.25, 0.3) is 5.91 Å². The number of nitrogens with two attached hydrogens (primary N) is 1. The number of fused-ring (bicyclic) bond motifs is 1. The summed E-state index contributed by atoms with van der Waals surface area (Å²) in [7, 11) is 0. The second kappa shape index (κ2) is 11.2. The zero-order chi connectivity index (χ0) is 28.4. The fourth-order valence-electron chi connectivity index (χ4n) is 3.77. The van der Waals surface area contributed by atoms with Crippen LogP contribution in [0.5, 0.6) is 0 Å². The molecule has 0 radical (unpaired) electrons. The van der Waals surface area contributed by atoms with Crippen molar-refractivity contribution in [2.45, 2.75) is 55.7 Å². The van der Waals surface area contributed by atoms with E-state index in [1.165, 1.54) is 17.7 Å². The summed E-state index contributed by atoms with van der Waals surface area (Å²) in [5.74, 6) is 0.601. The molecule has 0 saturated carbocycles. The number of rotatable bonds is 7. The SMILES string of the molecule is CC(C)c1ccc2c(Nc3cc(C(=O)Nc4nnc(C(C)(C)C)s4)ccc3Sc3ccc(N)cc3)ncnc2n1. The van der Waals surface area contributed by atoms with Crippen LogP contribution >= 0.6 is 23.1 Å². The Bertz CT molecular complexity index is 1680. The summed E-state index contributed by atoms with van der Waals surface area (Å²) in [6, 6.07) is 17.1. The number of anilines is 4. The lowest BCUT2D eigenvalue weighted by molar-refractivity contribution is 0.102. The van der Waals surface area contributed by atoms with Crippen molar-refractivity contribution >= 4 is 62.4 Å². The Morgan fingerprint density at radius 1 is 1.00 bits per heavy atom. The van der Waals surface area contributed by atoms with Gasteiger partial charge in [0.05, 0.1) is 11.1 Å². The molecule has 2 aromatic carbocycles. The highest BCUT2D eigenvalue weighted by molar-refractivity contribution is 7.99. The molecule has 4 N–H and O–H groups in total. The molecule has 1 amide bonds. The minimum atomic E-state index is -0.278. The highest BCUT2D eigenvalue weighted by Gasteiger charge is 2.21. The van der Waals surface area contributed by atoms with E-state index < -0.39 is 0 Å². The van der Waals surface area contributed by atoms with Crippen molar-refractivity contribution in [3.63, 3.8) is 0 Å². The standard InChI is InChI=1S/C29H30N8OS2/c1-16(2)21-12-11-20-24(33-21)31-15-32-25(20)34-22-14-17(6-13-23(22)39-19-9-7-18(30)8-10-19)26(38)35-28-37-36-27(40-28)29(3,4)5/h6-16H,30H2,1-5H3,(H,35,37,38)(H,31,32,33,34). The number of pyridine rings is 1. The molecule has 0 atom stereocenters. The van der Waals surface area contributed by atoms with Gasteiger partial charge in [0.15, 0.2) is 5.65 Å². The summed E-state index contributed by atoms with van der Waals surface area (Å²) < 4.78 is 0. The lowest BCUT2D eigenvalue weighted by Gasteiger charge is -2.15. The molecule has 5 aromatic rings. The predicted molar refractivity (Wildman–Crippen MR) is 163 cm³/mol. The molecule has 0 aliphatic carbocycles. The van der Waals surface area contributed by atoms with Crippen LogP contribution in [0.25, 0.3) is 11.0 Å². The molecule has 11 heteroatoms. The largest absolute Gasteiger partial charge is 0.399 e. The van der Waals surface area contributed by atoms with Gasteiger partial charge in [-0.05, 0) is 60.5 Å². The maximum absolute atomic E-state index is 13.2. The van der Waals surface area contributed by atoms with E-state index in [9.17, 15) is 4.79 Å². The first-order chi connectivity index (χ1) is 19.1. The third kappa shape index (κ3) is 6.21. The van der Waals surface area contributed by atoms with E-state index in [1.54, 1.807) is 17.8 Å². The van der Waals surface area contributed by atoms with Crippen LogP contribution in [0.2, 0.25) is 0 Å². The fraction of sp³-hybridized carbons (Fsp3) is 0.241. The van der Waals surface area contributed by atoms with E-state index in [4.69, 9.17) is 10.7 Å². The number of hydrogen-bond donors (Lipinski definition) is 3. The van der Waals surface area contributed by atoms with E-state index in [1.807, 2.05) is 48.5 Å². The van der Waals surface area contributed by atoms with Crippen LogP contribution < -0.4 is 16.4 Å². The number of nitrogens with one attached hydrogen (secondary N) is 2. The highest BCUT2D eigenvalue weighted by atomic mass is 32.2. The van der Waals surface area contributed by atoms with Crippen molar-refractivity contribution in [2.24, 2.45) is 0 Å². The molecule has 204 valence electrons. The molecular formula is C29H30N8OS2. The minimum absolute atomic E-state index is 0.149. The van der Waals surface area contributed by atoms with Gasteiger partial charge in [-0.15, -0.1) is 10.2 Å². The summed E-state index contributed by atoms with van der Waals surface area (Å²) in [5.41, 5.74) is 9.18. The van der Waals surface area contributed by atoms with Crippen LogP contribution in [-0.4, -0.2) is 31.1 Å². The number of aromatic nitrogens is 5. The van der Waals surface area contributed by atoms with Crippen molar-refractivity contribution in [3.8, 4) is 0 Å². The van der Waals surface area contributed by atoms with Gasteiger partial charge in [-0.25, -0.2) is 15.0 Å². The second-order valence-corrected chi connectivity index (χ2v) is 12.7. The number of benzene rings is 2. The maximum atomic E-state index is 13.2. The fourth-order valence-corrected chi connectivity index (χ4v) is 5.45. The Labute approximate surface area is 241 Å². The zero-order valence-electron chi connectivity index (χ0n) is 22.9. The number of nitrogen functional groups attached to an aromatic ring is 1. The van der Waals surface area contributed by atoms with Crippen LogP contribution in [0.3, 0.4) is 0 Å². The summed E-state index contributed by atoms with van der Waals surface area (Å²) in [6.45, 7) is 10.4. The first-order valence-corrected chi connectivity index (χ1v) is 14.4. The topological polar surface area (TPSA) is 132 Å². The molecule has 0 aliphatic rings. The van der Waals surface area contributed by atoms with Gasteiger partial charge >= 0.3 is 0 Å². The summed E-state index contributed by atoms with van der Waals surface area (Å²) in [4.78, 5) is 28.7. The van der Waals surface area contributed by atoms with Crippen LogP contribution in [-0.2, 0) is 5.41 Å². The van der Waals surface area contributed by atoms with Gasteiger partial charge in [-0.3, -0.25) is 10.1 Å². The monoisotopic (exact) mass is 570 g/mol. The number of carbonyl (C=O) groups excluding carboxylic acids is 1. The molecule has 9 nitrogen and oxygen atoms in total. The maximum Gasteiger partial charge on any atom is 0.257 e. The second-order valence-electron chi connectivity index (χ2n) is 10.6. The van der Waals surface area contributed by atoms with E-state index in [0.717, 1.165) is 31.6 Å². The molecule has 0 aliphatic heterocycles. The molecule has 0 spiro atoms. The van der Waals surface area contributed by atoms with E-state index in [0.29, 0.717) is 27.8 Å². The molecule has 40 heavy (non-hydrogen) atoms. The van der Waals surface area contributed by atoms with Crippen LogP contribution in [0.1, 0.15) is 61.6 Å². The number of amides is 1. The Hall–Kier alpha value is -4.09. The molecule has 0 saturated heterocycles. The van der Waals surface area contributed by atoms with Crippen LogP contribution in [0, 0.1) is 0 Å². The Morgan fingerprint density at radius 3 is 2.48 bits per heavy atom. The Balaban J connectivity index is 1.49. The molecule has 0 unspecified atom stereocenters. The van der Waals surface area contributed by atoms with Crippen molar-refractivity contribution in [2.75, 3.05) is 16.4 Å². The number of nitrogens with zero attached hydrogens (tertiary/aromatic N) is 5.